The van der Waals surface area contributed by atoms with Crippen molar-refractivity contribution in [1.82, 2.24) is 10.2 Å². The predicted octanol–water partition coefficient (Wildman–Crippen LogP) is 2.33. The Hall–Kier alpha value is -1.46. The zero-order valence-electron chi connectivity index (χ0n) is 13.0. The summed E-state index contributed by atoms with van der Waals surface area (Å²) < 4.78 is 0. The average molecular weight is 306 g/mol. The molecule has 4 N–H and O–H groups in total. The predicted molar refractivity (Wildman–Crippen MR) is 85.2 cm³/mol. The summed E-state index contributed by atoms with van der Waals surface area (Å²) in [5.74, 6) is -0.312. The van der Waals surface area contributed by atoms with Gasteiger partial charge in [-0.2, -0.15) is 0 Å². The smallest absolute Gasteiger partial charge is 0.200 e. The molecule has 1 saturated heterocycles. The normalized spacial score (nSPS) is 22.5. The van der Waals surface area contributed by atoms with Crippen LogP contribution in [0.25, 0.3) is 0 Å². The molecule has 1 atom stereocenters. The minimum absolute atomic E-state index is 0.119. The third-order valence-corrected chi connectivity index (χ3v) is 5.12. The second-order valence-corrected chi connectivity index (χ2v) is 6.50. The van der Waals surface area contributed by atoms with Crippen LogP contribution in [0.3, 0.4) is 0 Å². The molecule has 0 aromatic heterocycles. The van der Waals surface area contributed by atoms with Gasteiger partial charge in [-0.05, 0) is 30.9 Å². The van der Waals surface area contributed by atoms with E-state index in [0.717, 1.165) is 44.6 Å². The lowest BCUT2D eigenvalue weighted by Gasteiger charge is -2.41. The Balaban J connectivity index is 1.94. The molecule has 5 nitrogen and oxygen atoms in total. The fourth-order valence-electron chi connectivity index (χ4n) is 3.98. The van der Waals surface area contributed by atoms with Gasteiger partial charge in [0, 0.05) is 37.8 Å². The zero-order chi connectivity index (χ0) is 15.5. The highest BCUT2D eigenvalue weighted by Gasteiger charge is 2.33. The number of hydrogen-bond acceptors (Lipinski definition) is 5. The number of rotatable bonds is 3. The van der Waals surface area contributed by atoms with Gasteiger partial charge in [0.1, 0.15) is 0 Å². The topological polar surface area (TPSA) is 76.0 Å². The van der Waals surface area contributed by atoms with Crippen LogP contribution in [-0.4, -0.2) is 46.4 Å². The fourth-order valence-corrected chi connectivity index (χ4v) is 3.98. The van der Waals surface area contributed by atoms with Crippen molar-refractivity contribution in [3.63, 3.8) is 0 Å². The number of benzene rings is 1. The van der Waals surface area contributed by atoms with E-state index in [9.17, 15) is 15.3 Å². The van der Waals surface area contributed by atoms with E-state index < -0.39 is 5.75 Å². The molecule has 3 rings (SSSR count). The summed E-state index contributed by atoms with van der Waals surface area (Å²) in [7, 11) is 0. The van der Waals surface area contributed by atoms with E-state index in [2.05, 4.69) is 10.2 Å². The average Bonchev–Trinajstić information content (AvgIpc) is 2.57. The Morgan fingerprint density at radius 1 is 0.955 bits per heavy atom. The molecule has 0 unspecified atom stereocenters. The van der Waals surface area contributed by atoms with Gasteiger partial charge < -0.3 is 20.6 Å². The van der Waals surface area contributed by atoms with E-state index in [1.165, 1.54) is 25.3 Å². The van der Waals surface area contributed by atoms with Gasteiger partial charge >= 0.3 is 0 Å². The first-order valence-electron chi connectivity index (χ1n) is 8.37. The molecule has 0 bridgehead atoms. The summed E-state index contributed by atoms with van der Waals surface area (Å²) in [5, 5.41) is 33.2. The second-order valence-electron chi connectivity index (χ2n) is 6.50. The van der Waals surface area contributed by atoms with E-state index in [1.807, 2.05) is 0 Å². The number of phenols is 3. The lowest BCUT2D eigenvalue weighted by molar-refractivity contribution is 0.101. The van der Waals surface area contributed by atoms with Crippen LogP contribution < -0.4 is 5.32 Å². The minimum atomic E-state index is -0.395. The van der Waals surface area contributed by atoms with E-state index in [4.69, 9.17) is 0 Å². The van der Waals surface area contributed by atoms with E-state index in [0.29, 0.717) is 5.92 Å². The van der Waals surface area contributed by atoms with Crippen molar-refractivity contribution in [2.24, 2.45) is 5.92 Å². The first-order chi connectivity index (χ1) is 10.7. The number of aromatic hydroxyl groups is 3. The number of piperazine rings is 1. The SMILES string of the molecule is Oc1ccc([C@H](C2CCCCC2)N2CCNCC2)c(O)c1O. The number of hydrogen-bond donors (Lipinski definition) is 4. The molecule has 22 heavy (non-hydrogen) atoms. The van der Waals surface area contributed by atoms with Crippen molar-refractivity contribution < 1.29 is 15.3 Å². The number of nitrogens with one attached hydrogen (secondary N) is 1. The molecule has 122 valence electrons. The van der Waals surface area contributed by atoms with E-state index in [-0.39, 0.29) is 17.5 Å². The number of phenolic OH excluding ortho intramolecular Hbond substituents is 3. The molecule has 2 fully saturated rings. The first kappa shape index (κ1) is 15.4. The lowest BCUT2D eigenvalue weighted by atomic mass is 9.79. The van der Waals surface area contributed by atoms with Crippen LogP contribution in [-0.2, 0) is 0 Å². The Morgan fingerprint density at radius 2 is 1.64 bits per heavy atom. The maximum atomic E-state index is 10.4. The fraction of sp³-hybridized carbons (Fsp3) is 0.647. The van der Waals surface area contributed by atoms with Crippen molar-refractivity contribution in [3.05, 3.63) is 17.7 Å². The van der Waals surface area contributed by atoms with Gasteiger partial charge in [-0.3, -0.25) is 4.90 Å². The van der Waals surface area contributed by atoms with Crippen molar-refractivity contribution in [3.8, 4) is 17.2 Å². The lowest BCUT2D eigenvalue weighted by Crippen LogP contribution is -2.47. The van der Waals surface area contributed by atoms with Crippen molar-refractivity contribution in [1.29, 1.82) is 0 Å². The monoisotopic (exact) mass is 306 g/mol. The van der Waals surface area contributed by atoms with Crippen LogP contribution in [0.5, 0.6) is 17.2 Å². The highest BCUT2D eigenvalue weighted by Crippen LogP contribution is 2.46. The first-order valence-corrected chi connectivity index (χ1v) is 8.37. The Labute approximate surface area is 131 Å². The van der Waals surface area contributed by atoms with Gasteiger partial charge in [0.05, 0.1) is 0 Å². The van der Waals surface area contributed by atoms with E-state index in [1.54, 1.807) is 6.07 Å². The Kier molecular flexibility index (Phi) is 4.74. The summed E-state index contributed by atoms with van der Waals surface area (Å²) >= 11 is 0. The second kappa shape index (κ2) is 6.75. The molecule has 1 aromatic rings. The van der Waals surface area contributed by atoms with Gasteiger partial charge in [-0.15, -0.1) is 0 Å². The minimum Gasteiger partial charge on any atom is -0.504 e. The summed E-state index contributed by atoms with van der Waals surface area (Å²) in [6.07, 6.45) is 6.08. The molecule has 0 spiro atoms. The maximum Gasteiger partial charge on any atom is 0.200 e. The molecule has 1 heterocycles. The molecule has 1 aliphatic carbocycles. The third-order valence-electron chi connectivity index (χ3n) is 5.12. The van der Waals surface area contributed by atoms with E-state index >= 15 is 0 Å². The van der Waals surface area contributed by atoms with Gasteiger partial charge in [-0.25, -0.2) is 0 Å². The summed E-state index contributed by atoms with van der Waals surface area (Å²) in [6.45, 7) is 3.80. The number of nitrogens with zero attached hydrogens (tertiary/aromatic N) is 1. The molecule has 1 aromatic carbocycles. The highest BCUT2D eigenvalue weighted by atomic mass is 16.3. The molecular weight excluding hydrogens is 280 g/mol. The third kappa shape index (κ3) is 3.01. The van der Waals surface area contributed by atoms with Crippen LogP contribution in [0, 0.1) is 5.92 Å². The largest absolute Gasteiger partial charge is 0.504 e. The molecular formula is C17H26N2O3. The van der Waals surface area contributed by atoms with Gasteiger partial charge in [-0.1, -0.05) is 19.3 Å². The maximum absolute atomic E-state index is 10.4. The van der Waals surface area contributed by atoms with Gasteiger partial charge in [0.25, 0.3) is 0 Å². The van der Waals surface area contributed by atoms with Crippen molar-refractivity contribution >= 4 is 0 Å². The molecule has 2 aliphatic rings. The standard InChI is InChI=1S/C17H26N2O3/c20-14-7-6-13(16(21)17(14)22)15(12-4-2-1-3-5-12)19-10-8-18-9-11-19/h6-7,12,15,18,20-22H,1-5,8-11H2/t15-/m0/s1. The summed E-state index contributed by atoms with van der Waals surface area (Å²) in [4.78, 5) is 2.41. The van der Waals surface area contributed by atoms with Crippen molar-refractivity contribution in [2.45, 2.75) is 38.1 Å². The molecule has 5 heteroatoms. The van der Waals surface area contributed by atoms with Gasteiger partial charge in [0.2, 0.25) is 5.75 Å². The molecule has 0 amide bonds. The van der Waals surface area contributed by atoms with Crippen LogP contribution >= 0.6 is 0 Å². The summed E-state index contributed by atoms with van der Waals surface area (Å²) in [5.41, 5.74) is 0.754. The zero-order valence-corrected chi connectivity index (χ0v) is 13.0. The quantitative estimate of drug-likeness (QED) is 0.645. The van der Waals surface area contributed by atoms with Crippen LogP contribution in [0.1, 0.15) is 43.7 Å². The van der Waals surface area contributed by atoms with Gasteiger partial charge in [0.15, 0.2) is 11.5 Å². The van der Waals surface area contributed by atoms with Crippen LogP contribution in [0.2, 0.25) is 0 Å². The Bertz CT molecular complexity index is 491. The highest BCUT2D eigenvalue weighted by molar-refractivity contribution is 5.54. The summed E-state index contributed by atoms with van der Waals surface area (Å²) in [6, 6.07) is 3.38. The van der Waals surface area contributed by atoms with Crippen LogP contribution in [0.15, 0.2) is 12.1 Å². The molecule has 1 aliphatic heterocycles. The van der Waals surface area contributed by atoms with Crippen molar-refractivity contribution in [2.75, 3.05) is 26.2 Å². The Morgan fingerprint density at radius 3 is 2.32 bits per heavy atom. The van der Waals surface area contributed by atoms with Crippen LogP contribution in [0.4, 0.5) is 0 Å². The molecule has 0 radical (unpaired) electrons. The molecule has 1 saturated carbocycles.